The van der Waals surface area contributed by atoms with Crippen LogP contribution in [0.4, 0.5) is 10.2 Å². The van der Waals surface area contributed by atoms with Gasteiger partial charge < -0.3 is 10.5 Å². The topological polar surface area (TPSA) is 109 Å². The zero-order valence-electron chi connectivity index (χ0n) is 21.7. The molecule has 6 aromatic rings. The molecule has 0 fully saturated rings. The van der Waals surface area contributed by atoms with Crippen LogP contribution in [-0.4, -0.2) is 28.0 Å². The molecule has 0 aliphatic heterocycles. The van der Waals surface area contributed by atoms with Crippen molar-refractivity contribution in [3.05, 3.63) is 132 Å². The normalized spacial score (nSPS) is 11.6. The Morgan fingerprint density at radius 2 is 1.61 bits per heavy atom. The standard InChI is InChI=1S/C31H23FN4O4S/c1-20-11-14-24(15-12-20)41(38,39)36-27-10-6-5-7-21(27)17-28(36)30(37)25-19-34-35(31(25)33)22-13-16-29(26(32)18-22)40-23-8-3-2-4-9-23/h2-19H,33H2,1H3. The second kappa shape index (κ2) is 10.1. The number of hydrogen-bond donors (Lipinski definition) is 1. The van der Waals surface area contributed by atoms with Gasteiger partial charge in [0.15, 0.2) is 11.6 Å². The number of nitrogens with zero attached hydrogens (tertiary/aromatic N) is 3. The van der Waals surface area contributed by atoms with E-state index in [1.165, 1.54) is 41.2 Å². The van der Waals surface area contributed by atoms with Crippen LogP contribution in [0, 0.1) is 12.7 Å². The number of rotatable bonds is 7. The molecule has 0 radical (unpaired) electrons. The maximum absolute atomic E-state index is 14.9. The van der Waals surface area contributed by atoms with Gasteiger partial charge in [0.2, 0.25) is 5.78 Å². The Hall–Kier alpha value is -5.22. The van der Waals surface area contributed by atoms with Gasteiger partial charge in [-0.1, -0.05) is 54.1 Å². The van der Waals surface area contributed by atoms with Gasteiger partial charge in [0.25, 0.3) is 10.0 Å². The fraction of sp³-hybridized carbons (Fsp3) is 0.0323. The van der Waals surface area contributed by atoms with Crippen molar-refractivity contribution in [2.75, 3.05) is 5.73 Å². The minimum atomic E-state index is -4.15. The molecule has 2 aromatic heterocycles. The van der Waals surface area contributed by atoms with Gasteiger partial charge in [-0.2, -0.15) is 5.10 Å². The highest BCUT2D eigenvalue weighted by molar-refractivity contribution is 7.90. The van der Waals surface area contributed by atoms with Crippen LogP contribution in [-0.2, 0) is 10.0 Å². The molecule has 0 unspecified atom stereocenters. The molecule has 2 heterocycles. The second-order valence-corrected chi connectivity index (χ2v) is 11.2. The lowest BCUT2D eigenvalue weighted by atomic mass is 10.1. The van der Waals surface area contributed by atoms with Crippen LogP contribution in [0.25, 0.3) is 16.6 Å². The molecule has 6 rings (SSSR count). The summed E-state index contributed by atoms with van der Waals surface area (Å²) in [5, 5.41) is 4.77. The number of aryl methyl sites for hydroxylation is 1. The molecule has 10 heteroatoms. The largest absolute Gasteiger partial charge is 0.454 e. The summed E-state index contributed by atoms with van der Waals surface area (Å²) in [7, 11) is -4.15. The second-order valence-electron chi connectivity index (χ2n) is 9.39. The van der Waals surface area contributed by atoms with Crippen molar-refractivity contribution in [2.45, 2.75) is 11.8 Å². The van der Waals surface area contributed by atoms with Gasteiger partial charge in [-0.15, -0.1) is 0 Å². The Labute approximate surface area is 235 Å². The summed E-state index contributed by atoms with van der Waals surface area (Å²) in [6, 6.07) is 27.7. The number of fused-ring (bicyclic) bond motifs is 1. The van der Waals surface area contributed by atoms with Crippen LogP contribution in [0.15, 0.2) is 114 Å². The molecule has 0 amide bonds. The number of ketones is 1. The molecule has 0 aliphatic rings. The van der Waals surface area contributed by atoms with E-state index >= 15 is 0 Å². The van der Waals surface area contributed by atoms with Gasteiger partial charge in [-0.25, -0.2) is 21.5 Å². The third-order valence-electron chi connectivity index (χ3n) is 6.64. The molecule has 8 nitrogen and oxygen atoms in total. The summed E-state index contributed by atoms with van der Waals surface area (Å²) >= 11 is 0. The predicted molar refractivity (Wildman–Crippen MR) is 154 cm³/mol. The van der Waals surface area contributed by atoms with Gasteiger partial charge in [-0.05, 0) is 55.5 Å². The van der Waals surface area contributed by atoms with E-state index in [1.807, 2.05) is 13.0 Å². The van der Waals surface area contributed by atoms with Crippen LogP contribution in [0.1, 0.15) is 21.6 Å². The lowest BCUT2D eigenvalue weighted by molar-refractivity contribution is 0.103. The zero-order chi connectivity index (χ0) is 28.7. The Kier molecular flexibility index (Phi) is 6.39. The number of carbonyl (C=O) groups is 1. The number of benzene rings is 4. The predicted octanol–water partition coefficient (Wildman–Crippen LogP) is 6.12. The SMILES string of the molecule is Cc1ccc(S(=O)(=O)n2c(C(=O)c3cnn(-c4ccc(Oc5ccccc5)c(F)c4)c3N)cc3ccccc32)cc1. The number of carbonyl (C=O) groups excluding carboxylic acids is 1. The molecule has 0 atom stereocenters. The van der Waals surface area contributed by atoms with Crippen molar-refractivity contribution in [1.29, 1.82) is 0 Å². The molecular formula is C31H23FN4O4S. The van der Waals surface area contributed by atoms with Gasteiger partial charge in [0.05, 0.1) is 27.9 Å². The first-order valence-corrected chi connectivity index (χ1v) is 14.0. The molecular weight excluding hydrogens is 543 g/mol. The molecule has 0 saturated carbocycles. The van der Waals surface area contributed by atoms with Crippen molar-refractivity contribution >= 4 is 32.5 Å². The van der Waals surface area contributed by atoms with Crippen LogP contribution in [0.5, 0.6) is 11.5 Å². The number of para-hydroxylation sites is 2. The highest BCUT2D eigenvalue weighted by atomic mass is 32.2. The minimum absolute atomic E-state index is 0.00723. The molecule has 204 valence electrons. The maximum atomic E-state index is 14.9. The van der Waals surface area contributed by atoms with E-state index in [4.69, 9.17) is 10.5 Å². The molecule has 2 N–H and O–H groups in total. The maximum Gasteiger partial charge on any atom is 0.268 e. The number of anilines is 1. The number of nitrogens with two attached hydrogens (primary N) is 1. The summed E-state index contributed by atoms with van der Waals surface area (Å²) in [5.74, 6) is -0.895. The fourth-order valence-electron chi connectivity index (χ4n) is 4.56. The Morgan fingerprint density at radius 1 is 0.902 bits per heavy atom. The third kappa shape index (κ3) is 4.64. The van der Waals surface area contributed by atoms with Crippen LogP contribution in [0.2, 0.25) is 0 Å². The van der Waals surface area contributed by atoms with E-state index in [0.717, 1.165) is 9.54 Å². The Bertz CT molecular complexity index is 2030. The van der Waals surface area contributed by atoms with Gasteiger partial charge in [0.1, 0.15) is 17.3 Å². The molecule has 0 aliphatic carbocycles. The third-order valence-corrected chi connectivity index (χ3v) is 8.38. The summed E-state index contributed by atoms with van der Waals surface area (Å²) in [4.78, 5) is 13.9. The highest BCUT2D eigenvalue weighted by Crippen LogP contribution is 2.31. The van der Waals surface area contributed by atoms with Crippen molar-refractivity contribution in [1.82, 2.24) is 13.8 Å². The van der Waals surface area contributed by atoms with Crippen LogP contribution < -0.4 is 10.5 Å². The van der Waals surface area contributed by atoms with E-state index < -0.39 is 21.6 Å². The lowest BCUT2D eigenvalue weighted by Gasteiger charge is -2.12. The van der Waals surface area contributed by atoms with Crippen molar-refractivity contribution in [3.8, 4) is 17.2 Å². The molecule has 0 spiro atoms. The monoisotopic (exact) mass is 566 g/mol. The number of nitrogen functional groups attached to an aromatic ring is 1. The molecule has 0 bridgehead atoms. The van der Waals surface area contributed by atoms with E-state index in [2.05, 4.69) is 5.10 Å². The van der Waals surface area contributed by atoms with Crippen molar-refractivity contribution in [3.63, 3.8) is 0 Å². The average Bonchev–Trinajstić information content (AvgIpc) is 3.56. The van der Waals surface area contributed by atoms with Crippen LogP contribution >= 0.6 is 0 Å². The number of halogens is 1. The first kappa shape index (κ1) is 26.0. The van der Waals surface area contributed by atoms with Crippen LogP contribution in [0.3, 0.4) is 0 Å². The molecule has 0 saturated heterocycles. The average molecular weight is 567 g/mol. The summed E-state index contributed by atoms with van der Waals surface area (Å²) in [6.45, 7) is 1.85. The minimum Gasteiger partial charge on any atom is -0.454 e. The first-order chi connectivity index (χ1) is 19.7. The summed E-state index contributed by atoms with van der Waals surface area (Å²) < 4.78 is 50.4. The smallest absolute Gasteiger partial charge is 0.268 e. The molecule has 4 aromatic carbocycles. The quantitative estimate of drug-likeness (QED) is 0.233. The van der Waals surface area contributed by atoms with Gasteiger partial charge in [-0.3, -0.25) is 4.79 Å². The Morgan fingerprint density at radius 3 is 2.34 bits per heavy atom. The lowest BCUT2D eigenvalue weighted by Crippen LogP contribution is -2.19. The van der Waals surface area contributed by atoms with Gasteiger partial charge >= 0.3 is 0 Å². The van der Waals surface area contributed by atoms with E-state index in [1.54, 1.807) is 66.7 Å². The van der Waals surface area contributed by atoms with Crippen molar-refractivity contribution in [2.24, 2.45) is 0 Å². The van der Waals surface area contributed by atoms with Gasteiger partial charge in [0, 0.05) is 11.5 Å². The first-order valence-electron chi connectivity index (χ1n) is 12.6. The molecule has 41 heavy (non-hydrogen) atoms. The fourth-order valence-corrected chi connectivity index (χ4v) is 6.07. The van der Waals surface area contributed by atoms with E-state index in [9.17, 15) is 17.6 Å². The zero-order valence-corrected chi connectivity index (χ0v) is 22.5. The van der Waals surface area contributed by atoms with Crippen molar-refractivity contribution < 1.29 is 22.3 Å². The van der Waals surface area contributed by atoms with E-state index in [0.29, 0.717) is 16.7 Å². The number of ether oxygens (including phenoxy) is 1. The Balaban J connectivity index is 1.39. The summed E-state index contributed by atoms with van der Waals surface area (Å²) in [6.07, 6.45) is 1.24. The number of hydrogen-bond acceptors (Lipinski definition) is 6. The highest BCUT2D eigenvalue weighted by Gasteiger charge is 2.29. The number of aromatic nitrogens is 3. The van der Waals surface area contributed by atoms with E-state index in [-0.39, 0.29) is 33.4 Å². The summed E-state index contributed by atoms with van der Waals surface area (Å²) in [5.41, 5.74) is 7.70.